The molecule has 7 heteroatoms. The molecule has 1 atom stereocenters. The van der Waals surface area contributed by atoms with Gasteiger partial charge in [0.1, 0.15) is 18.7 Å². The number of rotatable bonds is 3. The molecule has 1 unspecified atom stereocenters. The smallest absolute Gasteiger partial charge is 0.408 e. The molecule has 2 aromatic carbocycles. The first-order valence-electron chi connectivity index (χ1n) is 7.32. The number of fused-ring (bicyclic) bond motifs is 1. The van der Waals surface area contributed by atoms with Crippen molar-refractivity contribution in [3.63, 3.8) is 0 Å². The molecular formula is C17H13ClN4O2. The van der Waals surface area contributed by atoms with E-state index in [4.69, 9.17) is 16.0 Å². The second kappa shape index (κ2) is 5.65. The summed E-state index contributed by atoms with van der Waals surface area (Å²) in [5.41, 5.74) is 3.26. The van der Waals surface area contributed by atoms with Crippen LogP contribution in [0.25, 0.3) is 11.1 Å². The second-order valence-electron chi connectivity index (χ2n) is 5.48. The van der Waals surface area contributed by atoms with E-state index in [1.54, 1.807) is 24.1 Å². The van der Waals surface area contributed by atoms with Crippen LogP contribution in [-0.2, 0) is 7.05 Å². The number of nitrogens with zero attached hydrogens (tertiary/aromatic N) is 4. The molecule has 0 saturated heterocycles. The van der Waals surface area contributed by atoms with E-state index in [0.717, 1.165) is 16.6 Å². The van der Waals surface area contributed by atoms with Crippen molar-refractivity contribution in [2.24, 2.45) is 7.05 Å². The molecule has 4 rings (SSSR count). The molecule has 4 aromatic rings. The lowest BCUT2D eigenvalue weighted by molar-refractivity contribution is 0.528. The molecule has 2 aromatic heterocycles. The van der Waals surface area contributed by atoms with Crippen LogP contribution in [-0.4, -0.2) is 19.3 Å². The molecule has 0 aliphatic carbocycles. The Morgan fingerprint density at radius 2 is 1.88 bits per heavy atom. The van der Waals surface area contributed by atoms with Crippen molar-refractivity contribution in [1.82, 2.24) is 19.3 Å². The molecule has 0 spiro atoms. The van der Waals surface area contributed by atoms with Crippen molar-refractivity contribution in [3.05, 3.63) is 81.8 Å². The van der Waals surface area contributed by atoms with Crippen LogP contribution in [0.4, 0.5) is 0 Å². The molecule has 6 nitrogen and oxygen atoms in total. The van der Waals surface area contributed by atoms with E-state index in [1.165, 1.54) is 10.9 Å². The van der Waals surface area contributed by atoms with E-state index in [-0.39, 0.29) is 11.8 Å². The highest BCUT2D eigenvalue weighted by Gasteiger charge is 2.19. The minimum absolute atomic E-state index is 0.181. The van der Waals surface area contributed by atoms with Gasteiger partial charge in [-0.15, -0.1) is 0 Å². The van der Waals surface area contributed by atoms with Crippen molar-refractivity contribution < 1.29 is 4.42 Å². The van der Waals surface area contributed by atoms with Crippen molar-refractivity contribution in [3.8, 4) is 0 Å². The Kier molecular flexibility index (Phi) is 3.46. The first-order valence-corrected chi connectivity index (χ1v) is 7.70. The van der Waals surface area contributed by atoms with Crippen LogP contribution >= 0.6 is 11.6 Å². The van der Waals surface area contributed by atoms with Gasteiger partial charge in [-0.25, -0.2) is 14.5 Å². The zero-order valence-corrected chi connectivity index (χ0v) is 13.5. The van der Waals surface area contributed by atoms with E-state index in [9.17, 15) is 4.79 Å². The third-order valence-corrected chi connectivity index (χ3v) is 4.27. The van der Waals surface area contributed by atoms with Crippen LogP contribution < -0.4 is 5.76 Å². The molecule has 0 N–H and O–H groups in total. The van der Waals surface area contributed by atoms with Gasteiger partial charge in [-0.05, 0) is 35.4 Å². The molecule has 0 amide bonds. The topological polar surface area (TPSA) is 65.8 Å². The normalized spacial score (nSPS) is 12.6. The highest BCUT2D eigenvalue weighted by molar-refractivity contribution is 6.30. The fourth-order valence-electron chi connectivity index (χ4n) is 2.81. The summed E-state index contributed by atoms with van der Waals surface area (Å²) in [6.45, 7) is 0. The highest BCUT2D eigenvalue weighted by Crippen LogP contribution is 2.29. The van der Waals surface area contributed by atoms with Crippen LogP contribution in [0.1, 0.15) is 17.2 Å². The van der Waals surface area contributed by atoms with E-state index in [1.807, 2.05) is 36.4 Å². The summed E-state index contributed by atoms with van der Waals surface area (Å²) in [5.74, 6) is -0.383. The lowest BCUT2D eigenvalue weighted by Gasteiger charge is -2.18. The number of hydrogen-bond acceptors (Lipinski definition) is 4. The lowest BCUT2D eigenvalue weighted by Crippen LogP contribution is -2.13. The minimum atomic E-state index is -0.383. The Labute approximate surface area is 141 Å². The number of benzene rings is 2. The first-order chi connectivity index (χ1) is 11.6. The van der Waals surface area contributed by atoms with Gasteiger partial charge < -0.3 is 4.42 Å². The van der Waals surface area contributed by atoms with E-state index in [2.05, 4.69) is 10.1 Å². The zero-order valence-electron chi connectivity index (χ0n) is 12.8. The Morgan fingerprint density at radius 3 is 2.58 bits per heavy atom. The second-order valence-corrected chi connectivity index (χ2v) is 5.92. The quantitative estimate of drug-likeness (QED) is 0.575. The lowest BCUT2D eigenvalue weighted by atomic mass is 9.98. The number of aryl methyl sites for hydroxylation is 1. The SMILES string of the molecule is Cn1c(=O)oc2ccc(C(c3ccc(Cl)cc3)n3cncn3)cc21. The van der Waals surface area contributed by atoms with E-state index in [0.29, 0.717) is 10.6 Å². The van der Waals surface area contributed by atoms with Gasteiger partial charge in [0.25, 0.3) is 0 Å². The summed E-state index contributed by atoms with van der Waals surface area (Å²) in [6.07, 6.45) is 3.16. The molecule has 0 aliphatic heterocycles. The molecule has 0 saturated carbocycles. The largest absolute Gasteiger partial charge is 0.419 e. The summed E-state index contributed by atoms with van der Waals surface area (Å²) in [5, 5.41) is 4.95. The average molecular weight is 341 g/mol. The fourth-order valence-corrected chi connectivity index (χ4v) is 2.93. The Hall–Kier alpha value is -2.86. The van der Waals surface area contributed by atoms with Gasteiger partial charge in [0.05, 0.1) is 5.52 Å². The monoisotopic (exact) mass is 340 g/mol. The first kappa shape index (κ1) is 14.7. The predicted octanol–water partition coefficient (Wildman–Crippen LogP) is 3.01. The van der Waals surface area contributed by atoms with Crippen LogP contribution in [0.2, 0.25) is 5.02 Å². The summed E-state index contributed by atoms with van der Waals surface area (Å²) >= 11 is 6.00. The molecule has 0 aliphatic rings. The summed E-state index contributed by atoms with van der Waals surface area (Å²) in [6, 6.07) is 13.1. The van der Waals surface area contributed by atoms with Crippen molar-refractivity contribution in [2.75, 3.05) is 0 Å². The third-order valence-electron chi connectivity index (χ3n) is 4.02. The Bertz CT molecular complexity index is 1050. The maximum absolute atomic E-state index is 11.7. The Balaban J connectivity index is 1.92. The predicted molar refractivity (Wildman–Crippen MR) is 90.2 cm³/mol. The number of hydrogen-bond donors (Lipinski definition) is 0. The van der Waals surface area contributed by atoms with Crippen LogP contribution in [0.15, 0.2) is 64.3 Å². The van der Waals surface area contributed by atoms with Crippen LogP contribution in [0, 0.1) is 0 Å². The third kappa shape index (κ3) is 2.41. The van der Waals surface area contributed by atoms with Crippen LogP contribution in [0.3, 0.4) is 0 Å². The number of halogens is 1. The van der Waals surface area contributed by atoms with Crippen molar-refractivity contribution in [1.29, 1.82) is 0 Å². The van der Waals surface area contributed by atoms with E-state index < -0.39 is 0 Å². The molecule has 0 radical (unpaired) electrons. The van der Waals surface area contributed by atoms with Gasteiger partial charge >= 0.3 is 5.76 Å². The van der Waals surface area contributed by atoms with Gasteiger partial charge in [-0.1, -0.05) is 29.8 Å². The maximum Gasteiger partial charge on any atom is 0.419 e. The summed E-state index contributed by atoms with van der Waals surface area (Å²) in [4.78, 5) is 15.8. The van der Waals surface area contributed by atoms with Gasteiger partial charge in [0, 0.05) is 12.1 Å². The zero-order chi connectivity index (χ0) is 16.7. The van der Waals surface area contributed by atoms with Gasteiger partial charge in [-0.3, -0.25) is 4.57 Å². The summed E-state index contributed by atoms with van der Waals surface area (Å²) in [7, 11) is 1.69. The molecule has 0 fully saturated rings. The van der Waals surface area contributed by atoms with Gasteiger partial charge in [0.15, 0.2) is 5.58 Å². The van der Waals surface area contributed by atoms with Crippen molar-refractivity contribution in [2.45, 2.75) is 6.04 Å². The highest BCUT2D eigenvalue weighted by atomic mass is 35.5. The Morgan fingerprint density at radius 1 is 1.12 bits per heavy atom. The standard InChI is InChI=1S/C17H13ClN4O2/c1-21-14-8-12(4-7-15(14)24-17(21)23)16(22-10-19-9-20-22)11-2-5-13(18)6-3-11/h2-10,16H,1H3. The van der Waals surface area contributed by atoms with Crippen molar-refractivity contribution >= 4 is 22.7 Å². The molecule has 120 valence electrons. The fraction of sp³-hybridized carbons (Fsp3) is 0.118. The molecular weight excluding hydrogens is 328 g/mol. The van der Waals surface area contributed by atoms with Gasteiger partial charge in [-0.2, -0.15) is 5.10 Å². The molecule has 24 heavy (non-hydrogen) atoms. The van der Waals surface area contributed by atoms with Gasteiger partial charge in [0.2, 0.25) is 0 Å². The van der Waals surface area contributed by atoms with E-state index >= 15 is 0 Å². The number of aromatic nitrogens is 4. The minimum Gasteiger partial charge on any atom is -0.408 e. The summed E-state index contributed by atoms with van der Waals surface area (Å²) < 4.78 is 8.45. The molecule has 0 bridgehead atoms. The molecule has 2 heterocycles. The maximum atomic E-state index is 11.7. The van der Waals surface area contributed by atoms with Crippen LogP contribution in [0.5, 0.6) is 0 Å². The number of oxazole rings is 1. The average Bonchev–Trinajstić information content (AvgIpc) is 3.20.